The maximum absolute atomic E-state index is 10.7. The molecule has 0 bridgehead atoms. The van der Waals surface area contributed by atoms with Crippen molar-refractivity contribution in [2.45, 2.75) is 0 Å². The van der Waals surface area contributed by atoms with Crippen LogP contribution in [0.3, 0.4) is 0 Å². The number of nitriles is 1. The molecule has 84 valence electrons. The van der Waals surface area contributed by atoms with Crippen molar-refractivity contribution in [2.75, 3.05) is 0 Å². The van der Waals surface area contributed by atoms with E-state index in [1.807, 2.05) is 6.07 Å². The van der Waals surface area contributed by atoms with Crippen molar-refractivity contribution >= 4 is 17.6 Å². The molecule has 0 aliphatic carbocycles. The van der Waals surface area contributed by atoms with Gasteiger partial charge in [-0.05, 0) is 12.1 Å². The van der Waals surface area contributed by atoms with Gasteiger partial charge in [-0.2, -0.15) is 10.4 Å². The lowest BCUT2D eigenvalue weighted by atomic mass is 10.2. The number of benzene rings is 1. The third-order valence-electron chi connectivity index (χ3n) is 2.18. The van der Waals surface area contributed by atoms with E-state index in [-0.39, 0.29) is 11.1 Å². The quantitative estimate of drug-likeness (QED) is 0.881. The van der Waals surface area contributed by atoms with Gasteiger partial charge in [0.05, 0.1) is 28.0 Å². The Labute approximate surface area is 101 Å². The highest BCUT2D eigenvalue weighted by Gasteiger charge is 2.11. The van der Waals surface area contributed by atoms with Crippen LogP contribution in [0.5, 0.6) is 0 Å². The first-order chi connectivity index (χ1) is 8.13. The Morgan fingerprint density at radius 3 is 2.88 bits per heavy atom. The van der Waals surface area contributed by atoms with Crippen LogP contribution in [-0.2, 0) is 0 Å². The van der Waals surface area contributed by atoms with Crippen molar-refractivity contribution in [3.8, 4) is 11.8 Å². The highest BCUT2D eigenvalue weighted by Crippen LogP contribution is 2.22. The van der Waals surface area contributed by atoms with E-state index in [0.717, 1.165) is 0 Å². The molecule has 0 radical (unpaired) electrons. The molecule has 0 unspecified atom stereocenters. The Morgan fingerprint density at radius 1 is 1.53 bits per heavy atom. The molecule has 0 aliphatic heterocycles. The number of carboxylic acids is 1. The fourth-order valence-electron chi connectivity index (χ4n) is 1.38. The smallest absolute Gasteiger partial charge is 0.338 e. The van der Waals surface area contributed by atoms with Crippen LogP contribution in [0.15, 0.2) is 30.6 Å². The molecule has 5 nitrogen and oxygen atoms in total. The van der Waals surface area contributed by atoms with Crippen LogP contribution < -0.4 is 0 Å². The molecule has 0 saturated heterocycles. The summed E-state index contributed by atoms with van der Waals surface area (Å²) in [6.07, 6.45) is 2.54. The monoisotopic (exact) mass is 247 g/mol. The molecule has 0 spiro atoms. The summed E-state index contributed by atoms with van der Waals surface area (Å²) in [5.41, 5.74) is 0.760. The average Bonchev–Trinajstić information content (AvgIpc) is 2.77. The Balaban J connectivity index is 2.57. The lowest BCUT2D eigenvalue weighted by molar-refractivity contribution is 0.0697. The number of carbonyl (C=O) groups is 1. The van der Waals surface area contributed by atoms with Crippen molar-refractivity contribution in [3.05, 3.63) is 46.7 Å². The largest absolute Gasteiger partial charge is 0.478 e. The first-order valence-electron chi connectivity index (χ1n) is 4.60. The number of hydrogen-bond acceptors (Lipinski definition) is 3. The van der Waals surface area contributed by atoms with Gasteiger partial charge in [0.2, 0.25) is 0 Å². The van der Waals surface area contributed by atoms with Crippen LogP contribution in [0.4, 0.5) is 0 Å². The molecule has 1 aromatic carbocycles. The summed E-state index contributed by atoms with van der Waals surface area (Å²) in [4.78, 5) is 10.7. The van der Waals surface area contributed by atoms with Crippen LogP contribution in [0.25, 0.3) is 5.69 Å². The zero-order valence-corrected chi connectivity index (χ0v) is 9.22. The van der Waals surface area contributed by atoms with E-state index in [2.05, 4.69) is 5.10 Å². The number of carboxylic acid groups (broad SMARTS) is 1. The lowest BCUT2D eigenvalue weighted by Gasteiger charge is -2.04. The summed E-state index contributed by atoms with van der Waals surface area (Å²) in [6, 6.07) is 6.86. The molecule has 1 aromatic heterocycles. The topological polar surface area (TPSA) is 78.9 Å². The Bertz CT molecular complexity index is 628. The fourth-order valence-corrected chi connectivity index (χ4v) is 1.59. The van der Waals surface area contributed by atoms with Gasteiger partial charge in [0.1, 0.15) is 6.07 Å². The first kappa shape index (κ1) is 11.2. The maximum Gasteiger partial charge on any atom is 0.338 e. The molecule has 6 heteroatoms. The third kappa shape index (κ3) is 1.98. The average molecular weight is 248 g/mol. The minimum absolute atomic E-state index is 0.0499. The third-order valence-corrected chi connectivity index (χ3v) is 2.49. The van der Waals surface area contributed by atoms with E-state index in [9.17, 15) is 4.79 Å². The zero-order chi connectivity index (χ0) is 12.4. The second-order valence-corrected chi connectivity index (χ2v) is 3.63. The van der Waals surface area contributed by atoms with Gasteiger partial charge in [0.15, 0.2) is 0 Å². The maximum atomic E-state index is 10.7. The molecule has 0 atom stereocenters. The molecule has 1 heterocycles. The summed E-state index contributed by atoms with van der Waals surface area (Å²) in [7, 11) is 0. The second kappa shape index (κ2) is 4.28. The number of rotatable bonds is 2. The van der Waals surface area contributed by atoms with E-state index in [0.29, 0.717) is 10.7 Å². The fraction of sp³-hybridized carbons (Fsp3) is 0. The standard InChI is InChI=1S/C11H6ClN3O2/c12-9-2-1-3-10(8(9)4-13)15-6-7(5-14-15)11(16)17/h1-3,5-6H,(H,16,17). The van der Waals surface area contributed by atoms with Gasteiger partial charge in [-0.15, -0.1) is 0 Å². The van der Waals surface area contributed by atoms with Crippen molar-refractivity contribution in [1.29, 1.82) is 5.26 Å². The SMILES string of the molecule is N#Cc1c(Cl)cccc1-n1cc(C(=O)O)cn1. The van der Waals surface area contributed by atoms with E-state index >= 15 is 0 Å². The van der Waals surface area contributed by atoms with Gasteiger partial charge < -0.3 is 5.11 Å². The summed E-state index contributed by atoms with van der Waals surface area (Å²) in [5.74, 6) is -1.07. The van der Waals surface area contributed by atoms with Gasteiger partial charge in [-0.3, -0.25) is 0 Å². The molecule has 1 N–H and O–H groups in total. The first-order valence-corrected chi connectivity index (χ1v) is 4.98. The molecule has 0 aliphatic rings. The van der Waals surface area contributed by atoms with Gasteiger partial charge in [0.25, 0.3) is 0 Å². The highest BCUT2D eigenvalue weighted by molar-refractivity contribution is 6.32. The predicted octanol–water partition coefficient (Wildman–Crippen LogP) is 2.10. The van der Waals surface area contributed by atoms with Crippen LogP contribution in [0.1, 0.15) is 15.9 Å². The van der Waals surface area contributed by atoms with Crippen LogP contribution in [0, 0.1) is 11.3 Å². The Morgan fingerprint density at radius 2 is 2.29 bits per heavy atom. The van der Waals surface area contributed by atoms with E-state index in [1.165, 1.54) is 17.1 Å². The summed E-state index contributed by atoms with van der Waals surface area (Å²) in [6.45, 7) is 0. The Hall–Kier alpha value is -2.32. The number of aromatic carboxylic acids is 1. The molecular formula is C11H6ClN3O2. The predicted molar refractivity (Wildman–Crippen MR) is 60.2 cm³/mol. The highest BCUT2D eigenvalue weighted by atomic mass is 35.5. The minimum atomic E-state index is -1.07. The molecule has 0 fully saturated rings. The van der Waals surface area contributed by atoms with E-state index in [4.69, 9.17) is 22.0 Å². The second-order valence-electron chi connectivity index (χ2n) is 3.22. The number of aromatic nitrogens is 2. The van der Waals surface area contributed by atoms with Gasteiger partial charge in [-0.25, -0.2) is 9.48 Å². The number of halogens is 1. The van der Waals surface area contributed by atoms with Crippen molar-refractivity contribution in [2.24, 2.45) is 0 Å². The lowest BCUT2D eigenvalue weighted by Crippen LogP contribution is -1.99. The molecule has 0 amide bonds. The molecule has 17 heavy (non-hydrogen) atoms. The summed E-state index contributed by atoms with van der Waals surface area (Å²) >= 11 is 5.87. The van der Waals surface area contributed by atoms with Gasteiger partial charge >= 0.3 is 5.97 Å². The number of hydrogen-bond donors (Lipinski definition) is 1. The normalized spacial score (nSPS) is 9.88. The van der Waals surface area contributed by atoms with Crippen molar-refractivity contribution < 1.29 is 9.90 Å². The van der Waals surface area contributed by atoms with Crippen LogP contribution >= 0.6 is 11.6 Å². The van der Waals surface area contributed by atoms with E-state index in [1.54, 1.807) is 18.2 Å². The molecule has 2 aromatic rings. The van der Waals surface area contributed by atoms with Crippen LogP contribution in [0.2, 0.25) is 5.02 Å². The number of nitrogens with zero attached hydrogens (tertiary/aromatic N) is 3. The minimum Gasteiger partial charge on any atom is -0.478 e. The zero-order valence-electron chi connectivity index (χ0n) is 8.46. The summed E-state index contributed by atoms with van der Waals surface area (Å²) in [5, 5.41) is 22.0. The molecule has 2 rings (SSSR count). The van der Waals surface area contributed by atoms with Crippen molar-refractivity contribution in [1.82, 2.24) is 9.78 Å². The Kier molecular flexibility index (Phi) is 2.81. The molecular weight excluding hydrogens is 242 g/mol. The van der Waals surface area contributed by atoms with Gasteiger partial charge in [-0.1, -0.05) is 17.7 Å². The summed E-state index contributed by atoms with van der Waals surface area (Å²) < 4.78 is 1.31. The van der Waals surface area contributed by atoms with Crippen LogP contribution in [-0.4, -0.2) is 20.9 Å². The molecule has 0 saturated carbocycles. The van der Waals surface area contributed by atoms with Crippen molar-refractivity contribution in [3.63, 3.8) is 0 Å². The van der Waals surface area contributed by atoms with Gasteiger partial charge in [0, 0.05) is 6.20 Å². The van der Waals surface area contributed by atoms with E-state index < -0.39 is 5.97 Å².